The van der Waals surface area contributed by atoms with E-state index in [2.05, 4.69) is 17.6 Å². The molecule has 1 saturated heterocycles. The molecule has 0 bridgehead atoms. The Bertz CT molecular complexity index is 991. The van der Waals surface area contributed by atoms with E-state index in [0.717, 1.165) is 22.4 Å². The Hall–Kier alpha value is -3.33. The molecule has 0 aliphatic carbocycles. The summed E-state index contributed by atoms with van der Waals surface area (Å²) in [6.45, 7) is 1.12. The number of amides is 2. The molecule has 1 spiro atoms. The summed E-state index contributed by atoms with van der Waals surface area (Å²) >= 11 is 0. The minimum Gasteiger partial charge on any atom is -0.345 e. The van der Waals surface area contributed by atoms with Gasteiger partial charge in [0.05, 0.1) is 5.41 Å². The lowest BCUT2D eigenvalue weighted by Gasteiger charge is -2.33. The van der Waals surface area contributed by atoms with E-state index >= 15 is 0 Å². The summed E-state index contributed by atoms with van der Waals surface area (Å²) in [7, 11) is 3.46. The van der Waals surface area contributed by atoms with Gasteiger partial charge in [-0.2, -0.15) is 5.26 Å². The van der Waals surface area contributed by atoms with Gasteiger partial charge in [0.2, 0.25) is 5.91 Å². The average Bonchev–Trinajstić information content (AvgIpc) is 3.12. The normalized spacial score (nSPS) is 20.5. The Kier molecular flexibility index (Phi) is 4.31. The zero-order chi connectivity index (χ0) is 19.9. The largest absolute Gasteiger partial charge is 0.345 e. The number of rotatable bonds is 2. The molecule has 6 heteroatoms. The molecular weight excluding hydrogens is 352 g/mol. The zero-order valence-electron chi connectivity index (χ0n) is 16.0. The van der Waals surface area contributed by atoms with Gasteiger partial charge >= 0.3 is 0 Å². The maximum Gasteiger partial charge on any atom is 0.253 e. The molecule has 0 aromatic heterocycles. The standard InChI is InChI=1S/C22H22N4O2/c1-25(2)20(27)16-5-3-15(4-6-16)17-7-8-18-12-22(9-10-26(13-22)14-23)21(28)24-19(18)11-17/h3-8,11H,9-10,12-13H2,1-2H3,(H,24,28). The van der Waals surface area contributed by atoms with Gasteiger partial charge in [-0.15, -0.1) is 0 Å². The molecule has 2 aromatic carbocycles. The number of benzene rings is 2. The molecule has 0 radical (unpaired) electrons. The molecule has 2 aliphatic rings. The second kappa shape index (κ2) is 6.68. The number of carbonyl (C=O) groups excluding carboxylic acids is 2. The molecule has 142 valence electrons. The minimum absolute atomic E-state index is 0.00169. The third-order valence-electron chi connectivity index (χ3n) is 5.74. The maximum absolute atomic E-state index is 12.8. The van der Waals surface area contributed by atoms with E-state index in [1.54, 1.807) is 23.9 Å². The molecule has 0 saturated carbocycles. The lowest BCUT2D eigenvalue weighted by atomic mass is 9.76. The van der Waals surface area contributed by atoms with Crippen LogP contribution in [0.15, 0.2) is 42.5 Å². The highest BCUT2D eigenvalue weighted by molar-refractivity contribution is 5.99. The number of anilines is 1. The number of carbonyl (C=O) groups is 2. The highest BCUT2D eigenvalue weighted by atomic mass is 16.2. The summed E-state index contributed by atoms with van der Waals surface area (Å²) in [6, 6.07) is 13.6. The SMILES string of the molecule is CN(C)C(=O)c1ccc(-c2ccc3c(c2)NC(=O)C2(CCN(C#N)C2)C3)cc1. The van der Waals surface area contributed by atoms with Gasteiger partial charge in [0.25, 0.3) is 5.91 Å². The quantitative estimate of drug-likeness (QED) is 0.820. The molecule has 28 heavy (non-hydrogen) atoms. The molecule has 1 fully saturated rings. The fraction of sp³-hybridized carbons (Fsp3) is 0.318. The van der Waals surface area contributed by atoms with Gasteiger partial charge < -0.3 is 15.1 Å². The molecule has 2 heterocycles. The lowest BCUT2D eigenvalue weighted by molar-refractivity contribution is -0.125. The average molecular weight is 374 g/mol. The first-order valence-electron chi connectivity index (χ1n) is 9.33. The van der Waals surface area contributed by atoms with Gasteiger partial charge in [0, 0.05) is 38.4 Å². The predicted octanol–water partition coefficient (Wildman–Crippen LogP) is 2.72. The summed E-state index contributed by atoms with van der Waals surface area (Å²) in [5, 5.41) is 12.2. The fourth-order valence-electron chi connectivity index (χ4n) is 4.08. The fourth-order valence-corrected chi connectivity index (χ4v) is 4.08. The number of nitriles is 1. The number of hydrogen-bond acceptors (Lipinski definition) is 4. The molecule has 2 aliphatic heterocycles. The number of nitrogens with one attached hydrogen (secondary N) is 1. The van der Waals surface area contributed by atoms with E-state index in [0.29, 0.717) is 31.5 Å². The summed E-state index contributed by atoms with van der Waals surface area (Å²) in [5.74, 6) is -0.0284. The van der Waals surface area contributed by atoms with E-state index in [1.165, 1.54) is 0 Å². The summed E-state index contributed by atoms with van der Waals surface area (Å²) in [6.07, 6.45) is 3.52. The molecular formula is C22H22N4O2. The predicted molar refractivity (Wildman–Crippen MR) is 106 cm³/mol. The molecule has 1 atom stereocenters. The summed E-state index contributed by atoms with van der Waals surface area (Å²) in [4.78, 5) is 28.0. The second-order valence-corrected chi connectivity index (χ2v) is 7.83. The molecule has 2 amide bonds. The van der Waals surface area contributed by atoms with Crippen LogP contribution in [0.4, 0.5) is 5.69 Å². The van der Waals surface area contributed by atoms with Crippen molar-refractivity contribution >= 4 is 17.5 Å². The van der Waals surface area contributed by atoms with Crippen molar-refractivity contribution in [3.63, 3.8) is 0 Å². The number of hydrogen-bond donors (Lipinski definition) is 1. The molecule has 4 rings (SSSR count). The third-order valence-corrected chi connectivity index (χ3v) is 5.74. The topological polar surface area (TPSA) is 76.4 Å². The van der Waals surface area contributed by atoms with E-state index in [9.17, 15) is 9.59 Å². The second-order valence-electron chi connectivity index (χ2n) is 7.83. The first-order chi connectivity index (χ1) is 13.4. The molecule has 1 N–H and O–H groups in total. The highest BCUT2D eigenvalue weighted by Gasteiger charge is 2.47. The van der Waals surface area contributed by atoms with E-state index in [-0.39, 0.29) is 11.8 Å². The smallest absolute Gasteiger partial charge is 0.253 e. The summed E-state index contributed by atoms with van der Waals surface area (Å²) < 4.78 is 0. The van der Waals surface area contributed by atoms with E-state index in [4.69, 9.17) is 5.26 Å². The van der Waals surface area contributed by atoms with Crippen molar-refractivity contribution in [2.45, 2.75) is 12.8 Å². The van der Waals surface area contributed by atoms with Gasteiger partial charge in [-0.1, -0.05) is 24.3 Å². The van der Waals surface area contributed by atoms with Crippen LogP contribution < -0.4 is 5.32 Å². The van der Waals surface area contributed by atoms with Crippen molar-refractivity contribution in [1.82, 2.24) is 9.80 Å². The molecule has 6 nitrogen and oxygen atoms in total. The van der Waals surface area contributed by atoms with Crippen molar-refractivity contribution in [3.8, 4) is 17.3 Å². The van der Waals surface area contributed by atoms with Gasteiger partial charge in [0.15, 0.2) is 6.19 Å². The zero-order valence-corrected chi connectivity index (χ0v) is 16.0. The van der Waals surface area contributed by atoms with Crippen LogP contribution in [-0.2, 0) is 11.2 Å². The summed E-state index contributed by atoms with van der Waals surface area (Å²) in [5.41, 5.74) is 4.05. The minimum atomic E-state index is -0.502. The van der Waals surface area contributed by atoms with Crippen molar-refractivity contribution in [2.24, 2.45) is 5.41 Å². The Morgan fingerprint density at radius 3 is 2.54 bits per heavy atom. The Labute approximate surface area is 164 Å². The van der Waals surface area contributed by atoms with Crippen LogP contribution in [0.1, 0.15) is 22.3 Å². The van der Waals surface area contributed by atoms with Gasteiger partial charge in [0.1, 0.15) is 0 Å². The van der Waals surface area contributed by atoms with Gasteiger partial charge in [-0.05, 0) is 47.7 Å². The van der Waals surface area contributed by atoms with E-state index < -0.39 is 5.41 Å². The maximum atomic E-state index is 12.8. The van der Waals surface area contributed by atoms with Gasteiger partial charge in [-0.3, -0.25) is 9.59 Å². The number of fused-ring (bicyclic) bond motifs is 1. The lowest BCUT2D eigenvalue weighted by Crippen LogP contribution is -2.43. The number of nitrogens with zero attached hydrogens (tertiary/aromatic N) is 3. The monoisotopic (exact) mass is 374 g/mol. The first kappa shape index (κ1) is 18.1. The first-order valence-corrected chi connectivity index (χ1v) is 9.33. The van der Waals surface area contributed by atoms with Crippen LogP contribution in [0.3, 0.4) is 0 Å². The Balaban J connectivity index is 1.59. The van der Waals surface area contributed by atoms with Crippen molar-refractivity contribution in [3.05, 3.63) is 53.6 Å². The van der Waals surface area contributed by atoms with Crippen molar-refractivity contribution < 1.29 is 9.59 Å². The van der Waals surface area contributed by atoms with Crippen LogP contribution >= 0.6 is 0 Å². The third kappa shape index (κ3) is 2.99. The molecule has 2 aromatic rings. The van der Waals surface area contributed by atoms with Gasteiger partial charge in [-0.25, -0.2) is 0 Å². The Morgan fingerprint density at radius 2 is 1.89 bits per heavy atom. The van der Waals surface area contributed by atoms with Crippen LogP contribution in [0, 0.1) is 16.9 Å². The molecule has 1 unspecified atom stereocenters. The van der Waals surface area contributed by atoms with E-state index in [1.807, 2.05) is 36.4 Å². The van der Waals surface area contributed by atoms with Crippen molar-refractivity contribution in [2.75, 3.05) is 32.5 Å². The van der Waals surface area contributed by atoms with Crippen molar-refractivity contribution in [1.29, 1.82) is 5.26 Å². The van der Waals surface area contributed by atoms with Crippen LogP contribution in [0.2, 0.25) is 0 Å². The highest BCUT2D eigenvalue weighted by Crippen LogP contribution is 2.41. The van der Waals surface area contributed by atoms with Crippen LogP contribution in [0.5, 0.6) is 0 Å². The van der Waals surface area contributed by atoms with Crippen LogP contribution in [-0.4, -0.2) is 48.8 Å². The Morgan fingerprint density at radius 1 is 1.18 bits per heavy atom. The van der Waals surface area contributed by atoms with Crippen LogP contribution in [0.25, 0.3) is 11.1 Å². The number of likely N-dealkylation sites (tertiary alicyclic amines) is 1.